The van der Waals surface area contributed by atoms with Crippen LogP contribution in [0.5, 0.6) is 5.75 Å². The van der Waals surface area contributed by atoms with E-state index < -0.39 is 0 Å². The van der Waals surface area contributed by atoms with Crippen molar-refractivity contribution in [3.63, 3.8) is 0 Å². The largest absolute Gasteiger partial charge is 0.508 e. The second-order valence-corrected chi connectivity index (χ2v) is 5.42. The Kier molecular flexibility index (Phi) is 4.87. The summed E-state index contributed by atoms with van der Waals surface area (Å²) in [5.74, 6) is 1.09. The van der Waals surface area contributed by atoms with Crippen LogP contribution in [-0.4, -0.2) is 36.7 Å². The van der Waals surface area contributed by atoms with Crippen LogP contribution >= 0.6 is 11.6 Å². The van der Waals surface area contributed by atoms with Crippen LogP contribution in [-0.2, 0) is 6.54 Å². The van der Waals surface area contributed by atoms with Crippen molar-refractivity contribution >= 4 is 11.6 Å². The number of nitrogens with one attached hydrogen (secondary N) is 1. The smallest absolute Gasteiger partial charge is 0.121 e. The second-order valence-electron chi connectivity index (χ2n) is 5.01. The van der Waals surface area contributed by atoms with Gasteiger partial charge in [0, 0.05) is 17.1 Å². The molecule has 18 heavy (non-hydrogen) atoms. The van der Waals surface area contributed by atoms with E-state index in [1.54, 1.807) is 12.1 Å². The molecule has 0 amide bonds. The number of aromatic hydroxyl groups is 1. The molecule has 1 aliphatic heterocycles. The number of piperidine rings is 1. The molecule has 0 unspecified atom stereocenters. The highest BCUT2D eigenvalue weighted by Gasteiger charge is 2.20. The van der Waals surface area contributed by atoms with Gasteiger partial charge in [-0.3, -0.25) is 4.90 Å². The molecule has 0 atom stereocenters. The van der Waals surface area contributed by atoms with Crippen molar-refractivity contribution in [1.29, 1.82) is 0 Å². The monoisotopic (exact) mass is 268 g/mol. The van der Waals surface area contributed by atoms with E-state index in [2.05, 4.69) is 10.2 Å². The van der Waals surface area contributed by atoms with E-state index in [4.69, 9.17) is 11.6 Å². The molecular weight excluding hydrogens is 248 g/mol. The maximum absolute atomic E-state index is 9.84. The molecule has 1 aliphatic rings. The van der Waals surface area contributed by atoms with Gasteiger partial charge in [0.2, 0.25) is 0 Å². The van der Waals surface area contributed by atoms with Crippen LogP contribution in [0.1, 0.15) is 18.4 Å². The Balaban J connectivity index is 1.92. The maximum Gasteiger partial charge on any atom is 0.121 e. The topological polar surface area (TPSA) is 35.5 Å². The summed E-state index contributed by atoms with van der Waals surface area (Å²) < 4.78 is 0. The van der Waals surface area contributed by atoms with Crippen LogP contribution in [0.15, 0.2) is 18.2 Å². The van der Waals surface area contributed by atoms with Gasteiger partial charge in [0.15, 0.2) is 0 Å². The lowest BCUT2D eigenvalue weighted by atomic mass is 9.96. The Morgan fingerprint density at radius 3 is 2.72 bits per heavy atom. The molecule has 100 valence electrons. The van der Waals surface area contributed by atoms with Gasteiger partial charge in [0.1, 0.15) is 5.75 Å². The fraction of sp³-hybridized carbons (Fsp3) is 0.571. The van der Waals surface area contributed by atoms with Crippen LogP contribution < -0.4 is 5.32 Å². The van der Waals surface area contributed by atoms with E-state index in [1.807, 2.05) is 13.1 Å². The van der Waals surface area contributed by atoms with Gasteiger partial charge in [-0.2, -0.15) is 0 Å². The van der Waals surface area contributed by atoms with Crippen molar-refractivity contribution in [2.24, 2.45) is 5.92 Å². The first-order valence-corrected chi connectivity index (χ1v) is 6.92. The minimum absolute atomic E-state index is 0.305. The fourth-order valence-electron chi connectivity index (χ4n) is 2.56. The minimum atomic E-state index is 0.305. The molecule has 1 fully saturated rings. The molecular formula is C14H21ClN2O. The molecule has 2 rings (SSSR count). The van der Waals surface area contributed by atoms with Gasteiger partial charge < -0.3 is 10.4 Å². The van der Waals surface area contributed by atoms with E-state index >= 15 is 0 Å². The van der Waals surface area contributed by atoms with Crippen molar-refractivity contribution in [3.8, 4) is 5.75 Å². The van der Waals surface area contributed by atoms with Crippen molar-refractivity contribution in [1.82, 2.24) is 10.2 Å². The average molecular weight is 269 g/mol. The first-order chi connectivity index (χ1) is 8.70. The minimum Gasteiger partial charge on any atom is -0.508 e. The number of halogens is 1. The summed E-state index contributed by atoms with van der Waals surface area (Å²) in [6, 6.07) is 5.32. The van der Waals surface area contributed by atoms with Gasteiger partial charge in [-0.25, -0.2) is 0 Å². The molecule has 4 heteroatoms. The van der Waals surface area contributed by atoms with Crippen LogP contribution in [0, 0.1) is 5.92 Å². The summed E-state index contributed by atoms with van der Waals surface area (Å²) in [5.41, 5.74) is 0.853. The fourth-order valence-corrected chi connectivity index (χ4v) is 2.79. The summed E-state index contributed by atoms with van der Waals surface area (Å²) in [5, 5.41) is 13.7. The number of rotatable bonds is 4. The highest BCUT2D eigenvalue weighted by molar-refractivity contribution is 6.31. The molecule has 1 heterocycles. The zero-order valence-corrected chi connectivity index (χ0v) is 11.6. The average Bonchev–Trinajstić information content (AvgIpc) is 2.36. The van der Waals surface area contributed by atoms with E-state index in [9.17, 15) is 5.11 Å². The van der Waals surface area contributed by atoms with E-state index in [-0.39, 0.29) is 0 Å². The van der Waals surface area contributed by atoms with Crippen LogP contribution in [0.4, 0.5) is 0 Å². The maximum atomic E-state index is 9.84. The molecule has 0 saturated carbocycles. The summed E-state index contributed by atoms with van der Waals surface area (Å²) in [6.45, 7) is 4.01. The Labute approximate surface area is 114 Å². The molecule has 0 aliphatic carbocycles. The van der Waals surface area contributed by atoms with Crippen LogP contribution in [0.3, 0.4) is 0 Å². The lowest BCUT2D eigenvalue weighted by Gasteiger charge is -2.32. The number of phenolic OH excluding ortho intramolecular Hbond substituents is 1. The van der Waals surface area contributed by atoms with Gasteiger partial charge in [-0.15, -0.1) is 0 Å². The normalized spacial score (nSPS) is 18.1. The quantitative estimate of drug-likeness (QED) is 0.881. The first kappa shape index (κ1) is 13.7. The van der Waals surface area contributed by atoms with Gasteiger partial charge >= 0.3 is 0 Å². The number of nitrogens with zero attached hydrogens (tertiary/aromatic N) is 1. The van der Waals surface area contributed by atoms with Crippen molar-refractivity contribution in [3.05, 3.63) is 28.8 Å². The first-order valence-electron chi connectivity index (χ1n) is 6.54. The number of hydrogen-bond acceptors (Lipinski definition) is 3. The van der Waals surface area contributed by atoms with E-state index in [0.717, 1.165) is 37.7 Å². The molecule has 0 radical (unpaired) electrons. The number of phenols is 1. The molecule has 0 aromatic heterocycles. The van der Waals surface area contributed by atoms with E-state index in [1.165, 1.54) is 12.8 Å². The molecule has 1 saturated heterocycles. The second kappa shape index (κ2) is 6.41. The van der Waals surface area contributed by atoms with Crippen molar-refractivity contribution in [2.75, 3.05) is 26.7 Å². The highest BCUT2D eigenvalue weighted by atomic mass is 35.5. The SMILES string of the molecule is CNCC1CCN(Cc2c(O)cccc2Cl)CC1. The molecule has 0 spiro atoms. The Bertz CT molecular complexity index is 369. The number of benzene rings is 1. The third kappa shape index (κ3) is 3.37. The number of hydrogen-bond donors (Lipinski definition) is 2. The van der Waals surface area contributed by atoms with Gasteiger partial charge in [-0.1, -0.05) is 17.7 Å². The molecule has 3 nitrogen and oxygen atoms in total. The molecule has 0 bridgehead atoms. The zero-order valence-electron chi connectivity index (χ0n) is 10.8. The van der Waals surface area contributed by atoms with Crippen LogP contribution in [0.25, 0.3) is 0 Å². The standard InChI is InChI=1S/C14H21ClN2O/c1-16-9-11-5-7-17(8-6-11)10-12-13(15)3-2-4-14(12)18/h2-4,11,16,18H,5-10H2,1H3. The predicted octanol–water partition coefficient (Wildman–Crippen LogP) is 2.48. The molecule has 1 aromatic carbocycles. The Morgan fingerprint density at radius 2 is 2.11 bits per heavy atom. The van der Waals surface area contributed by atoms with Crippen LogP contribution in [0.2, 0.25) is 5.02 Å². The van der Waals surface area contributed by atoms with Gasteiger partial charge in [-0.05, 0) is 57.6 Å². The Hall–Kier alpha value is -0.770. The Morgan fingerprint density at radius 1 is 1.39 bits per heavy atom. The molecule has 2 N–H and O–H groups in total. The highest BCUT2D eigenvalue weighted by Crippen LogP contribution is 2.28. The van der Waals surface area contributed by atoms with Crippen molar-refractivity contribution in [2.45, 2.75) is 19.4 Å². The summed E-state index contributed by atoms with van der Waals surface area (Å²) in [4.78, 5) is 2.37. The lowest BCUT2D eigenvalue weighted by molar-refractivity contribution is 0.175. The van der Waals surface area contributed by atoms with E-state index in [0.29, 0.717) is 10.8 Å². The zero-order chi connectivity index (χ0) is 13.0. The van der Waals surface area contributed by atoms with Crippen molar-refractivity contribution < 1.29 is 5.11 Å². The summed E-state index contributed by atoms with van der Waals surface area (Å²) >= 11 is 6.13. The third-order valence-electron chi connectivity index (χ3n) is 3.68. The third-order valence-corrected chi connectivity index (χ3v) is 4.03. The predicted molar refractivity (Wildman–Crippen MR) is 75.0 cm³/mol. The summed E-state index contributed by atoms with van der Waals surface area (Å²) in [6.07, 6.45) is 2.43. The lowest BCUT2D eigenvalue weighted by Crippen LogP contribution is -2.36. The molecule has 1 aromatic rings. The number of likely N-dealkylation sites (tertiary alicyclic amines) is 1. The van der Waals surface area contributed by atoms with Gasteiger partial charge in [0.25, 0.3) is 0 Å². The summed E-state index contributed by atoms with van der Waals surface area (Å²) in [7, 11) is 2.01. The van der Waals surface area contributed by atoms with Gasteiger partial charge in [0.05, 0.1) is 0 Å².